The SMILES string of the molecule is CCN(CCCO)c1nnccc1CN. The maximum absolute atomic E-state index is 8.80. The molecular formula is C10H18N4O. The number of rotatable bonds is 6. The van der Waals surface area contributed by atoms with Gasteiger partial charge in [0.25, 0.3) is 0 Å². The van der Waals surface area contributed by atoms with Gasteiger partial charge in [0, 0.05) is 31.8 Å². The maximum Gasteiger partial charge on any atom is 0.155 e. The maximum atomic E-state index is 8.80. The fourth-order valence-corrected chi connectivity index (χ4v) is 1.45. The molecule has 3 N–H and O–H groups in total. The van der Waals surface area contributed by atoms with Crippen LogP contribution in [0.25, 0.3) is 0 Å². The van der Waals surface area contributed by atoms with Crippen LogP contribution < -0.4 is 10.6 Å². The molecule has 0 aliphatic carbocycles. The summed E-state index contributed by atoms with van der Waals surface area (Å²) in [7, 11) is 0. The Balaban J connectivity index is 2.80. The molecule has 0 saturated carbocycles. The van der Waals surface area contributed by atoms with Gasteiger partial charge >= 0.3 is 0 Å². The lowest BCUT2D eigenvalue weighted by Gasteiger charge is -2.22. The lowest BCUT2D eigenvalue weighted by molar-refractivity contribution is 0.289. The van der Waals surface area contributed by atoms with Gasteiger partial charge in [-0.05, 0) is 19.4 Å². The Labute approximate surface area is 89.9 Å². The first-order valence-electron chi connectivity index (χ1n) is 5.20. The summed E-state index contributed by atoms with van der Waals surface area (Å²) in [5.41, 5.74) is 6.62. The summed E-state index contributed by atoms with van der Waals surface area (Å²) in [6.45, 7) is 4.31. The van der Waals surface area contributed by atoms with Crippen molar-refractivity contribution in [1.29, 1.82) is 0 Å². The molecule has 0 atom stereocenters. The molecule has 0 aromatic carbocycles. The van der Waals surface area contributed by atoms with Crippen LogP contribution in [0.15, 0.2) is 12.3 Å². The van der Waals surface area contributed by atoms with Crippen molar-refractivity contribution in [2.75, 3.05) is 24.6 Å². The number of nitrogens with two attached hydrogens (primary N) is 1. The summed E-state index contributed by atoms with van der Waals surface area (Å²) in [4.78, 5) is 2.07. The number of anilines is 1. The quantitative estimate of drug-likeness (QED) is 0.698. The van der Waals surface area contributed by atoms with E-state index >= 15 is 0 Å². The van der Waals surface area contributed by atoms with E-state index in [1.807, 2.05) is 13.0 Å². The first-order valence-corrected chi connectivity index (χ1v) is 5.20. The van der Waals surface area contributed by atoms with E-state index in [0.29, 0.717) is 6.54 Å². The van der Waals surface area contributed by atoms with Gasteiger partial charge in [-0.15, -0.1) is 5.10 Å². The topological polar surface area (TPSA) is 75.3 Å². The van der Waals surface area contributed by atoms with Crippen LogP contribution in [0.3, 0.4) is 0 Å². The second-order valence-corrected chi connectivity index (χ2v) is 3.24. The number of hydrogen-bond acceptors (Lipinski definition) is 5. The van der Waals surface area contributed by atoms with Crippen molar-refractivity contribution in [3.63, 3.8) is 0 Å². The fourth-order valence-electron chi connectivity index (χ4n) is 1.45. The van der Waals surface area contributed by atoms with Gasteiger partial charge in [0.1, 0.15) is 0 Å². The molecule has 1 heterocycles. The minimum absolute atomic E-state index is 0.189. The van der Waals surface area contributed by atoms with Gasteiger partial charge in [0.05, 0.1) is 6.20 Å². The van der Waals surface area contributed by atoms with Crippen molar-refractivity contribution in [3.05, 3.63) is 17.8 Å². The highest BCUT2D eigenvalue weighted by Crippen LogP contribution is 2.15. The Morgan fingerprint density at radius 1 is 1.53 bits per heavy atom. The number of aliphatic hydroxyl groups is 1. The Kier molecular flexibility index (Phi) is 5.00. The summed E-state index contributed by atoms with van der Waals surface area (Å²) in [6, 6.07) is 1.88. The average molecular weight is 210 g/mol. The van der Waals surface area contributed by atoms with E-state index < -0.39 is 0 Å². The van der Waals surface area contributed by atoms with Gasteiger partial charge < -0.3 is 15.7 Å². The number of hydrogen-bond donors (Lipinski definition) is 2. The van der Waals surface area contributed by atoms with Crippen molar-refractivity contribution < 1.29 is 5.11 Å². The smallest absolute Gasteiger partial charge is 0.155 e. The van der Waals surface area contributed by atoms with Crippen LogP contribution in [0, 0.1) is 0 Å². The highest BCUT2D eigenvalue weighted by Gasteiger charge is 2.09. The third-order valence-electron chi connectivity index (χ3n) is 2.27. The Morgan fingerprint density at radius 3 is 2.93 bits per heavy atom. The molecule has 0 aliphatic heterocycles. The molecule has 0 amide bonds. The van der Waals surface area contributed by atoms with E-state index in [1.54, 1.807) is 6.20 Å². The molecule has 1 aromatic heterocycles. The number of nitrogens with zero attached hydrogens (tertiary/aromatic N) is 3. The van der Waals surface area contributed by atoms with Crippen LogP contribution in [-0.4, -0.2) is 35.0 Å². The van der Waals surface area contributed by atoms with Gasteiger partial charge in [-0.25, -0.2) is 0 Å². The van der Waals surface area contributed by atoms with Crippen molar-refractivity contribution in [1.82, 2.24) is 10.2 Å². The van der Waals surface area contributed by atoms with Crippen LogP contribution in [0.4, 0.5) is 5.82 Å². The molecule has 15 heavy (non-hydrogen) atoms. The summed E-state index contributed by atoms with van der Waals surface area (Å²) in [5.74, 6) is 0.830. The molecule has 0 saturated heterocycles. The summed E-state index contributed by atoms with van der Waals surface area (Å²) in [6.07, 6.45) is 2.38. The molecular weight excluding hydrogens is 192 g/mol. The second-order valence-electron chi connectivity index (χ2n) is 3.24. The molecule has 0 spiro atoms. The zero-order valence-corrected chi connectivity index (χ0v) is 9.06. The van der Waals surface area contributed by atoms with Gasteiger partial charge in [0.15, 0.2) is 5.82 Å². The lowest BCUT2D eigenvalue weighted by Crippen LogP contribution is -2.27. The zero-order valence-electron chi connectivity index (χ0n) is 9.06. The first kappa shape index (κ1) is 11.9. The summed E-state index contributed by atoms with van der Waals surface area (Å²) in [5, 5.41) is 16.7. The van der Waals surface area contributed by atoms with Gasteiger partial charge in [-0.3, -0.25) is 0 Å². The van der Waals surface area contributed by atoms with Crippen molar-refractivity contribution in [2.24, 2.45) is 5.73 Å². The van der Waals surface area contributed by atoms with Gasteiger partial charge in [-0.1, -0.05) is 0 Å². The molecule has 0 aliphatic rings. The second kappa shape index (κ2) is 6.31. The fraction of sp³-hybridized carbons (Fsp3) is 0.600. The van der Waals surface area contributed by atoms with E-state index in [1.165, 1.54) is 0 Å². The molecule has 84 valence electrons. The van der Waals surface area contributed by atoms with Gasteiger partial charge in [-0.2, -0.15) is 5.10 Å². The van der Waals surface area contributed by atoms with E-state index in [4.69, 9.17) is 10.8 Å². The lowest BCUT2D eigenvalue weighted by atomic mass is 10.2. The van der Waals surface area contributed by atoms with E-state index in [0.717, 1.165) is 30.9 Å². The summed E-state index contributed by atoms with van der Waals surface area (Å²) < 4.78 is 0. The van der Waals surface area contributed by atoms with E-state index in [-0.39, 0.29) is 6.61 Å². The molecule has 5 heteroatoms. The molecule has 0 bridgehead atoms. The zero-order chi connectivity index (χ0) is 11.1. The first-order chi connectivity index (χ1) is 7.33. The molecule has 0 unspecified atom stereocenters. The van der Waals surface area contributed by atoms with Crippen LogP contribution in [0.1, 0.15) is 18.9 Å². The normalized spacial score (nSPS) is 10.3. The Bertz CT molecular complexity index is 293. The van der Waals surface area contributed by atoms with E-state index in [2.05, 4.69) is 15.1 Å². The number of aliphatic hydroxyl groups excluding tert-OH is 1. The van der Waals surface area contributed by atoms with Crippen LogP contribution in [0.5, 0.6) is 0 Å². The van der Waals surface area contributed by atoms with Crippen LogP contribution in [-0.2, 0) is 6.54 Å². The highest BCUT2D eigenvalue weighted by molar-refractivity contribution is 5.45. The standard InChI is InChI=1S/C10H18N4O/c1-2-14(6-3-7-15)10-9(8-11)4-5-12-13-10/h4-5,15H,2-3,6-8,11H2,1H3. The molecule has 5 nitrogen and oxygen atoms in total. The third-order valence-corrected chi connectivity index (χ3v) is 2.27. The van der Waals surface area contributed by atoms with E-state index in [9.17, 15) is 0 Å². The summed E-state index contributed by atoms with van der Waals surface area (Å²) >= 11 is 0. The molecule has 0 radical (unpaired) electrons. The highest BCUT2D eigenvalue weighted by atomic mass is 16.3. The van der Waals surface area contributed by atoms with Crippen molar-refractivity contribution >= 4 is 5.82 Å². The predicted octanol–water partition coefficient (Wildman–Crippen LogP) is 0.144. The Morgan fingerprint density at radius 2 is 2.33 bits per heavy atom. The largest absolute Gasteiger partial charge is 0.396 e. The molecule has 1 aromatic rings. The number of aromatic nitrogens is 2. The average Bonchev–Trinajstić information content (AvgIpc) is 2.30. The minimum atomic E-state index is 0.189. The molecule has 1 rings (SSSR count). The predicted molar refractivity (Wildman–Crippen MR) is 59.5 cm³/mol. The van der Waals surface area contributed by atoms with Crippen molar-refractivity contribution in [3.8, 4) is 0 Å². The third kappa shape index (κ3) is 3.14. The van der Waals surface area contributed by atoms with Gasteiger partial charge in [0.2, 0.25) is 0 Å². The van der Waals surface area contributed by atoms with Crippen molar-refractivity contribution in [2.45, 2.75) is 19.9 Å². The van der Waals surface area contributed by atoms with Crippen LogP contribution in [0.2, 0.25) is 0 Å². The monoisotopic (exact) mass is 210 g/mol. The van der Waals surface area contributed by atoms with Crippen LogP contribution >= 0.6 is 0 Å². The Hall–Kier alpha value is -1.20. The minimum Gasteiger partial charge on any atom is -0.396 e. The molecule has 0 fully saturated rings.